The van der Waals surface area contributed by atoms with Crippen molar-refractivity contribution in [1.29, 1.82) is 0 Å². The summed E-state index contributed by atoms with van der Waals surface area (Å²) >= 11 is 0. The minimum atomic E-state index is 0.328. The van der Waals surface area contributed by atoms with E-state index < -0.39 is 0 Å². The molecule has 1 fully saturated rings. The maximum atomic E-state index is 4.60. The van der Waals surface area contributed by atoms with Crippen molar-refractivity contribution in [3.05, 3.63) is 5.82 Å². The Balaban J connectivity index is 2.26. The van der Waals surface area contributed by atoms with E-state index in [-0.39, 0.29) is 0 Å². The number of hydrogen-bond acceptors (Lipinski definition) is 5. The first-order valence-corrected chi connectivity index (χ1v) is 6.95. The molecule has 18 heavy (non-hydrogen) atoms. The van der Waals surface area contributed by atoms with Crippen molar-refractivity contribution < 1.29 is 0 Å². The number of anilines is 2. The highest BCUT2D eigenvalue weighted by molar-refractivity contribution is 5.37. The monoisotopic (exact) mass is 249 g/mol. The normalized spacial score (nSPS) is 16.1. The van der Waals surface area contributed by atoms with E-state index in [9.17, 15) is 0 Å². The lowest BCUT2D eigenvalue weighted by Crippen LogP contribution is -2.31. The average molecular weight is 249 g/mol. The molecule has 0 spiro atoms. The third-order valence-electron chi connectivity index (χ3n) is 3.13. The summed E-state index contributed by atoms with van der Waals surface area (Å²) in [6.45, 7) is 9.25. The summed E-state index contributed by atoms with van der Waals surface area (Å²) in [7, 11) is 0. The Morgan fingerprint density at radius 1 is 1.11 bits per heavy atom. The fourth-order valence-corrected chi connectivity index (χ4v) is 2.11. The van der Waals surface area contributed by atoms with Gasteiger partial charge in [0.1, 0.15) is 5.82 Å². The van der Waals surface area contributed by atoms with Gasteiger partial charge in [-0.05, 0) is 26.2 Å². The molecule has 0 radical (unpaired) electrons. The molecule has 0 atom stereocenters. The molecule has 2 rings (SSSR count). The molecular weight excluding hydrogens is 226 g/mol. The van der Waals surface area contributed by atoms with Gasteiger partial charge in [0, 0.05) is 25.6 Å². The molecule has 5 heteroatoms. The standard InChI is InChI=1S/C13H23N5/c1-4-14-12-15-11(10(2)3)16-13(17-12)18-8-6-5-7-9-18/h10H,4-9H2,1-3H3,(H,14,15,16,17). The zero-order chi connectivity index (χ0) is 13.0. The Morgan fingerprint density at radius 3 is 2.44 bits per heavy atom. The average Bonchev–Trinajstić information content (AvgIpc) is 2.40. The number of nitrogens with zero attached hydrogens (tertiary/aromatic N) is 4. The minimum absolute atomic E-state index is 0.328. The summed E-state index contributed by atoms with van der Waals surface area (Å²) in [6.07, 6.45) is 3.79. The molecule has 0 amide bonds. The second-order valence-corrected chi connectivity index (χ2v) is 5.05. The second kappa shape index (κ2) is 5.98. The van der Waals surface area contributed by atoms with Crippen molar-refractivity contribution in [3.8, 4) is 0 Å². The molecule has 1 aliphatic rings. The van der Waals surface area contributed by atoms with Gasteiger partial charge < -0.3 is 10.2 Å². The molecule has 1 aliphatic heterocycles. The Hall–Kier alpha value is -1.39. The predicted molar refractivity (Wildman–Crippen MR) is 74.1 cm³/mol. The van der Waals surface area contributed by atoms with E-state index in [1.165, 1.54) is 19.3 Å². The molecule has 1 aromatic heterocycles. The summed E-state index contributed by atoms with van der Waals surface area (Å²) in [5.41, 5.74) is 0. The SMILES string of the molecule is CCNc1nc(C(C)C)nc(N2CCCCC2)n1. The van der Waals surface area contributed by atoms with Gasteiger partial charge in [-0.2, -0.15) is 15.0 Å². The predicted octanol–water partition coefficient (Wildman–Crippen LogP) is 2.42. The van der Waals surface area contributed by atoms with Gasteiger partial charge in [-0.1, -0.05) is 13.8 Å². The summed E-state index contributed by atoms with van der Waals surface area (Å²) in [6, 6.07) is 0. The van der Waals surface area contributed by atoms with E-state index in [4.69, 9.17) is 0 Å². The van der Waals surface area contributed by atoms with Gasteiger partial charge in [0.2, 0.25) is 11.9 Å². The van der Waals surface area contributed by atoms with Crippen LogP contribution in [0.25, 0.3) is 0 Å². The molecule has 1 saturated heterocycles. The van der Waals surface area contributed by atoms with Crippen LogP contribution in [0.2, 0.25) is 0 Å². The molecule has 2 heterocycles. The quantitative estimate of drug-likeness (QED) is 0.888. The van der Waals surface area contributed by atoms with Gasteiger partial charge in [-0.25, -0.2) is 0 Å². The number of hydrogen-bond donors (Lipinski definition) is 1. The van der Waals surface area contributed by atoms with E-state index in [0.717, 1.165) is 31.4 Å². The fourth-order valence-electron chi connectivity index (χ4n) is 2.11. The number of aromatic nitrogens is 3. The topological polar surface area (TPSA) is 53.9 Å². The second-order valence-electron chi connectivity index (χ2n) is 5.05. The zero-order valence-corrected chi connectivity index (χ0v) is 11.6. The summed E-state index contributed by atoms with van der Waals surface area (Å²) in [5, 5.41) is 3.19. The Kier molecular flexibility index (Phi) is 4.33. The lowest BCUT2D eigenvalue weighted by atomic mass is 10.1. The molecule has 1 N–H and O–H groups in total. The van der Waals surface area contributed by atoms with E-state index in [1.54, 1.807) is 0 Å². The third kappa shape index (κ3) is 3.09. The fraction of sp³-hybridized carbons (Fsp3) is 0.769. The molecule has 100 valence electrons. The van der Waals surface area contributed by atoms with Crippen molar-refractivity contribution >= 4 is 11.9 Å². The molecule has 5 nitrogen and oxygen atoms in total. The third-order valence-corrected chi connectivity index (χ3v) is 3.13. The number of piperidine rings is 1. The van der Waals surface area contributed by atoms with Gasteiger partial charge in [-0.15, -0.1) is 0 Å². The molecule has 0 bridgehead atoms. The first kappa shape index (κ1) is 13.1. The number of rotatable bonds is 4. The van der Waals surface area contributed by atoms with Gasteiger partial charge in [0.25, 0.3) is 0 Å². The van der Waals surface area contributed by atoms with Crippen LogP contribution in [0.1, 0.15) is 51.8 Å². The van der Waals surface area contributed by atoms with Crippen molar-refractivity contribution in [2.75, 3.05) is 29.9 Å². The Bertz CT molecular complexity index is 385. The van der Waals surface area contributed by atoms with Gasteiger partial charge >= 0.3 is 0 Å². The molecule has 0 aromatic carbocycles. The summed E-state index contributed by atoms with van der Waals surface area (Å²) < 4.78 is 0. The van der Waals surface area contributed by atoms with Crippen LogP contribution in [-0.2, 0) is 0 Å². The van der Waals surface area contributed by atoms with Crippen LogP contribution in [0, 0.1) is 0 Å². The van der Waals surface area contributed by atoms with Crippen molar-refractivity contribution in [3.63, 3.8) is 0 Å². The smallest absolute Gasteiger partial charge is 0.230 e. The highest BCUT2D eigenvalue weighted by Gasteiger charge is 2.16. The lowest BCUT2D eigenvalue weighted by molar-refractivity contribution is 0.565. The Labute approximate surface area is 109 Å². The van der Waals surface area contributed by atoms with Crippen LogP contribution in [0.15, 0.2) is 0 Å². The van der Waals surface area contributed by atoms with Crippen LogP contribution in [0.3, 0.4) is 0 Å². The van der Waals surface area contributed by atoms with Crippen molar-refractivity contribution in [2.24, 2.45) is 0 Å². The van der Waals surface area contributed by atoms with Crippen LogP contribution < -0.4 is 10.2 Å². The first-order chi connectivity index (χ1) is 8.70. The van der Waals surface area contributed by atoms with Crippen LogP contribution in [-0.4, -0.2) is 34.6 Å². The van der Waals surface area contributed by atoms with E-state index in [0.29, 0.717) is 11.9 Å². The van der Waals surface area contributed by atoms with Crippen LogP contribution >= 0.6 is 0 Å². The zero-order valence-electron chi connectivity index (χ0n) is 11.6. The molecule has 1 aromatic rings. The van der Waals surface area contributed by atoms with E-state index in [2.05, 4.69) is 45.9 Å². The summed E-state index contributed by atoms with van der Waals surface area (Å²) in [4.78, 5) is 15.9. The number of nitrogens with one attached hydrogen (secondary N) is 1. The molecule has 0 unspecified atom stereocenters. The maximum Gasteiger partial charge on any atom is 0.230 e. The van der Waals surface area contributed by atoms with Crippen LogP contribution in [0.4, 0.5) is 11.9 Å². The summed E-state index contributed by atoms with van der Waals surface area (Å²) in [5.74, 6) is 2.75. The van der Waals surface area contributed by atoms with Crippen LogP contribution in [0.5, 0.6) is 0 Å². The highest BCUT2D eigenvalue weighted by Crippen LogP contribution is 2.19. The van der Waals surface area contributed by atoms with E-state index in [1.807, 2.05) is 0 Å². The van der Waals surface area contributed by atoms with Crippen molar-refractivity contribution in [1.82, 2.24) is 15.0 Å². The van der Waals surface area contributed by atoms with Gasteiger partial charge in [-0.3, -0.25) is 0 Å². The largest absolute Gasteiger partial charge is 0.354 e. The first-order valence-electron chi connectivity index (χ1n) is 6.95. The molecule has 0 aliphatic carbocycles. The molecule has 0 saturated carbocycles. The lowest BCUT2D eigenvalue weighted by Gasteiger charge is -2.27. The Morgan fingerprint density at radius 2 is 1.83 bits per heavy atom. The molecular formula is C13H23N5. The van der Waals surface area contributed by atoms with Gasteiger partial charge in [0.05, 0.1) is 0 Å². The highest BCUT2D eigenvalue weighted by atomic mass is 15.3. The maximum absolute atomic E-state index is 4.60. The van der Waals surface area contributed by atoms with E-state index >= 15 is 0 Å². The van der Waals surface area contributed by atoms with Crippen molar-refractivity contribution in [2.45, 2.75) is 46.0 Å². The van der Waals surface area contributed by atoms with Gasteiger partial charge in [0.15, 0.2) is 0 Å². The minimum Gasteiger partial charge on any atom is -0.354 e.